The first-order valence-electron chi connectivity index (χ1n) is 5.58. The minimum absolute atomic E-state index is 0.272. The van der Waals surface area contributed by atoms with E-state index in [9.17, 15) is 17.6 Å². The molecule has 0 aliphatic carbocycles. The third-order valence-electron chi connectivity index (χ3n) is 2.77. The zero-order chi connectivity index (χ0) is 14.9. The van der Waals surface area contributed by atoms with Crippen LogP contribution in [0.25, 0.3) is 0 Å². The van der Waals surface area contributed by atoms with Gasteiger partial charge in [-0.05, 0) is 30.2 Å². The van der Waals surface area contributed by atoms with Gasteiger partial charge >= 0.3 is 6.18 Å². The standard InChI is InChI=1S/C12H11F4N3S/c1-6-2-3-7(13)4-8(6)10(19-17)9-5-18-11(20-9)12(14,15)16/h2-5,10,19H,17H2,1H3. The Bertz CT molecular complexity index is 609. The van der Waals surface area contributed by atoms with Crippen LogP contribution in [-0.2, 0) is 6.18 Å². The SMILES string of the molecule is Cc1ccc(F)cc1C(NN)c1cnc(C(F)(F)F)s1. The lowest BCUT2D eigenvalue weighted by atomic mass is 10.0. The molecular formula is C12H11F4N3S. The summed E-state index contributed by atoms with van der Waals surface area (Å²) in [6.45, 7) is 1.73. The summed E-state index contributed by atoms with van der Waals surface area (Å²) in [7, 11) is 0. The van der Waals surface area contributed by atoms with Crippen LogP contribution in [-0.4, -0.2) is 4.98 Å². The van der Waals surface area contributed by atoms with Gasteiger partial charge in [-0.25, -0.2) is 14.8 Å². The van der Waals surface area contributed by atoms with Gasteiger partial charge in [0.25, 0.3) is 0 Å². The number of nitrogens with zero attached hydrogens (tertiary/aromatic N) is 1. The van der Waals surface area contributed by atoms with Gasteiger partial charge in [0, 0.05) is 11.1 Å². The average molecular weight is 305 g/mol. The summed E-state index contributed by atoms with van der Waals surface area (Å²) in [5, 5.41) is -0.957. The summed E-state index contributed by atoms with van der Waals surface area (Å²) in [4.78, 5) is 3.61. The fourth-order valence-electron chi connectivity index (χ4n) is 1.80. The van der Waals surface area contributed by atoms with Gasteiger partial charge in [-0.3, -0.25) is 5.84 Å². The van der Waals surface area contributed by atoms with Crippen LogP contribution >= 0.6 is 11.3 Å². The highest BCUT2D eigenvalue weighted by molar-refractivity contribution is 7.11. The average Bonchev–Trinajstić information content (AvgIpc) is 2.84. The second-order valence-electron chi connectivity index (χ2n) is 4.17. The van der Waals surface area contributed by atoms with Crippen LogP contribution in [0.15, 0.2) is 24.4 Å². The van der Waals surface area contributed by atoms with Crippen molar-refractivity contribution in [3.8, 4) is 0 Å². The molecule has 0 aliphatic rings. The molecule has 0 saturated heterocycles. The minimum atomic E-state index is -4.50. The summed E-state index contributed by atoms with van der Waals surface area (Å²) in [5.41, 5.74) is 3.60. The van der Waals surface area contributed by atoms with Gasteiger partial charge in [-0.1, -0.05) is 6.07 Å². The van der Waals surface area contributed by atoms with Crippen molar-refractivity contribution in [1.82, 2.24) is 10.4 Å². The van der Waals surface area contributed by atoms with Crippen molar-refractivity contribution >= 4 is 11.3 Å². The van der Waals surface area contributed by atoms with Crippen LogP contribution in [0, 0.1) is 12.7 Å². The number of alkyl halides is 3. The second-order valence-corrected chi connectivity index (χ2v) is 5.23. The fraction of sp³-hybridized carbons (Fsp3) is 0.250. The molecule has 0 bridgehead atoms. The Balaban J connectivity index is 2.42. The van der Waals surface area contributed by atoms with E-state index < -0.39 is 23.0 Å². The summed E-state index contributed by atoms with van der Waals surface area (Å²) in [5.74, 6) is 4.92. The van der Waals surface area contributed by atoms with Crippen LogP contribution in [0.3, 0.4) is 0 Å². The predicted octanol–water partition coefficient (Wildman–Crippen LogP) is 3.16. The number of hydrogen-bond acceptors (Lipinski definition) is 4. The third kappa shape index (κ3) is 2.97. The first kappa shape index (κ1) is 14.9. The molecule has 8 heteroatoms. The number of nitrogens with two attached hydrogens (primary N) is 1. The normalized spacial score (nSPS) is 13.5. The number of aryl methyl sites for hydroxylation is 1. The summed E-state index contributed by atoms with van der Waals surface area (Å²) < 4.78 is 50.9. The third-order valence-corrected chi connectivity index (χ3v) is 3.88. The zero-order valence-corrected chi connectivity index (χ0v) is 11.1. The number of hydrazine groups is 1. The molecule has 2 rings (SSSR count). The maximum Gasteiger partial charge on any atom is 0.443 e. The molecule has 108 valence electrons. The summed E-state index contributed by atoms with van der Waals surface area (Å²) in [6.07, 6.45) is -3.40. The first-order chi connectivity index (χ1) is 9.32. The van der Waals surface area contributed by atoms with Gasteiger partial charge in [0.15, 0.2) is 5.01 Å². The molecule has 20 heavy (non-hydrogen) atoms. The van der Waals surface area contributed by atoms with E-state index in [2.05, 4.69) is 10.4 Å². The molecule has 3 nitrogen and oxygen atoms in total. The molecule has 0 fully saturated rings. The van der Waals surface area contributed by atoms with Crippen molar-refractivity contribution in [2.24, 2.45) is 5.84 Å². The fourth-order valence-corrected chi connectivity index (χ4v) is 2.66. The monoisotopic (exact) mass is 305 g/mol. The molecule has 1 heterocycles. The molecular weight excluding hydrogens is 294 g/mol. The van der Waals surface area contributed by atoms with Crippen molar-refractivity contribution < 1.29 is 17.6 Å². The molecule has 1 unspecified atom stereocenters. The van der Waals surface area contributed by atoms with Crippen molar-refractivity contribution in [1.29, 1.82) is 0 Å². The predicted molar refractivity (Wildman–Crippen MR) is 67.4 cm³/mol. The van der Waals surface area contributed by atoms with E-state index in [0.717, 1.165) is 11.8 Å². The van der Waals surface area contributed by atoms with E-state index in [4.69, 9.17) is 5.84 Å². The molecule has 0 radical (unpaired) electrons. The van der Waals surface area contributed by atoms with Crippen LogP contribution in [0.5, 0.6) is 0 Å². The Morgan fingerprint density at radius 1 is 1.35 bits per heavy atom. The van der Waals surface area contributed by atoms with Gasteiger partial charge in [-0.15, -0.1) is 11.3 Å². The molecule has 1 aromatic carbocycles. The van der Waals surface area contributed by atoms with Crippen molar-refractivity contribution in [2.75, 3.05) is 0 Å². The van der Waals surface area contributed by atoms with E-state index in [0.29, 0.717) is 16.9 Å². The van der Waals surface area contributed by atoms with E-state index >= 15 is 0 Å². The highest BCUT2D eigenvalue weighted by Gasteiger charge is 2.35. The van der Waals surface area contributed by atoms with Gasteiger partial charge in [0.2, 0.25) is 0 Å². The topological polar surface area (TPSA) is 50.9 Å². The van der Waals surface area contributed by atoms with Gasteiger partial charge < -0.3 is 0 Å². The lowest BCUT2D eigenvalue weighted by molar-refractivity contribution is -0.137. The van der Waals surface area contributed by atoms with Crippen LogP contribution in [0.2, 0.25) is 0 Å². The van der Waals surface area contributed by atoms with Gasteiger partial charge in [0.05, 0.1) is 6.04 Å². The number of nitrogens with one attached hydrogen (secondary N) is 1. The molecule has 1 atom stereocenters. The van der Waals surface area contributed by atoms with Crippen LogP contribution in [0.1, 0.15) is 27.1 Å². The zero-order valence-electron chi connectivity index (χ0n) is 10.3. The Morgan fingerprint density at radius 2 is 2.05 bits per heavy atom. The smallest absolute Gasteiger partial charge is 0.271 e. The molecule has 0 aliphatic heterocycles. The van der Waals surface area contributed by atoms with E-state index in [1.54, 1.807) is 13.0 Å². The second kappa shape index (κ2) is 5.47. The maximum absolute atomic E-state index is 13.3. The Morgan fingerprint density at radius 3 is 2.60 bits per heavy atom. The van der Waals surface area contributed by atoms with Crippen LogP contribution in [0.4, 0.5) is 17.6 Å². The number of thiazole rings is 1. The molecule has 2 aromatic rings. The van der Waals surface area contributed by atoms with E-state index in [1.165, 1.54) is 12.1 Å². The summed E-state index contributed by atoms with van der Waals surface area (Å²) in [6, 6.07) is 3.33. The number of hydrogen-bond donors (Lipinski definition) is 2. The Labute approximate surface area is 116 Å². The molecule has 3 N–H and O–H groups in total. The minimum Gasteiger partial charge on any atom is -0.271 e. The molecule has 0 spiro atoms. The molecule has 0 saturated carbocycles. The number of benzene rings is 1. The van der Waals surface area contributed by atoms with E-state index in [1.807, 2.05) is 0 Å². The highest BCUT2D eigenvalue weighted by Crippen LogP contribution is 2.36. The Kier molecular flexibility index (Phi) is 4.07. The highest BCUT2D eigenvalue weighted by atomic mass is 32.1. The largest absolute Gasteiger partial charge is 0.443 e. The first-order valence-corrected chi connectivity index (χ1v) is 6.39. The Hall–Kier alpha value is -1.51. The maximum atomic E-state index is 13.3. The number of rotatable bonds is 3. The lowest BCUT2D eigenvalue weighted by Gasteiger charge is -2.16. The van der Waals surface area contributed by atoms with Crippen molar-refractivity contribution in [2.45, 2.75) is 19.1 Å². The molecule has 1 aromatic heterocycles. The number of aromatic nitrogens is 1. The molecule has 0 amide bonds. The van der Waals surface area contributed by atoms with E-state index in [-0.39, 0.29) is 4.88 Å². The lowest BCUT2D eigenvalue weighted by Crippen LogP contribution is -2.28. The quantitative estimate of drug-likeness (QED) is 0.520. The van der Waals surface area contributed by atoms with Gasteiger partial charge in [0.1, 0.15) is 5.82 Å². The van der Waals surface area contributed by atoms with Gasteiger partial charge in [-0.2, -0.15) is 13.2 Å². The summed E-state index contributed by atoms with van der Waals surface area (Å²) >= 11 is 0.481. The number of halogens is 4. The van der Waals surface area contributed by atoms with Crippen LogP contribution < -0.4 is 11.3 Å². The van der Waals surface area contributed by atoms with Crippen molar-refractivity contribution in [3.63, 3.8) is 0 Å². The van der Waals surface area contributed by atoms with Crippen molar-refractivity contribution in [3.05, 3.63) is 51.2 Å².